The fourth-order valence-corrected chi connectivity index (χ4v) is 6.22. The van der Waals surface area contributed by atoms with Crippen LogP contribution in [0.1, 0.15) is 47.3 Å². The van der Waals surface area contributed by atoms with Crippen molar-refractivity contribution < 1.29 is 14.3 Å². The molecule has 0 radical (unpaired) electrons. The fourth-order valence-electron chi connectivity index (χ4n) is 5.59. The van der Waals surface area contributed by atoms with Gasteiger partial charge in [0.2, 0.25) is 5.91 Å². The Morgan fingerprint density at radius 2 is 1.89 bits per heavy atom. The van der Waals surface area contributed by atoms with Gasteiger partial charge in [0.25, 0.3) is 5.91 Å². The Morgan fingerprint density at radius 3 is 2.66 bits per heavy atom. The number of ether oxygens (including phenoxy) is 1. The van der Waals surface area contributed by atoms with Gasteiger partial charge in [0, 0.05) is 48.7 Å². The molecule has 1 atom stereocenters. The molecule has 1 saturated carbocycles. The maximum absolute atomic E-state index is 13.6. The molecule has 3 aromatic rings. The Bertz CT molecular complexity index is 1130. The van der Waals surface area contributed by atoms with Crippen molar-refractivity contribution in [3.8, 4) is 0 Å². The first-order chi connectivity index (χ1) is 17.1. The number of para-hydroxylation sites is 1. The van der Waals surface area contributed by atoms with E-state index in [0.29, 0.717) is 17.8 Å². The Hall–Kier alpha value is -2.68. The van der Waals surface area contributed by atoms with E-state index in [1.165, 1.54) is 30.6 Å². The number of carbonyl (C=O) groups is 2. The van der Waals surface area contributed by atoms with Gasteiger partial charge in [-0.05, 0) is 35.9 Å². The summed E-state index contributed by atoms with van der Waals surface area (Å²) in [5, 5.41) is 9.22. The molecule has 1 aliphatic carbocycles. The Morgan fingerprint density at radius 1 is 1.09 bits per heavy atom. The number of carbonyl (C=O) groups excluding carboxylic acids is 2. The molecule has 1 aromatic carbocycles. The van der Waals surface area contributed by atoms with E-state index in [9.17, 15) is 9.59 Å². The molecule has 3 heterocycles. The average Bonchev–Trinajstić information content (AvgIpc) is 3.59. The highest BCUT2D eigenvalue weighted by Gasteiger charge is 2.39. The van der Waals surface area contributed by atoms with Crippen molar-refractivity contribution in [2.45, 2.75) is 50.1 Å². The first-order valence-electron chi connectivity index (χ1n) is 12.6. The number of thiophene rings is 1. The molecule has 0 bridgehead atoms. The number of rotatable bonds is 8. The third kappa shape index (κ3) is 5.44. The van der Waals surface area contributed by atoms with Crippen molar-refractivity contribution in [3.63, 3.8) is 0 Å². The van der Waals surface area contributed by atoms with Crippen molar-refractivity contribution in [1.82, 2.24) is 20.5 Å². The van der Waals surface area contributed by atoms with Gasteiger partial charge in [-0.25, -0.2) is 0 Å². The van der Waals surface area contributed by atoms with Crippen LogP contribution in [-0.2, 0) is 16.0 Å². The summed E-state index contributed by atoms with van der Waals surface area (Å²) in [6.07, 6.45) is 8.16. The van der Waals surface area contributed by atoms with Crippen LogP contribution in [0.3, 0.4) is 0 Å². The van der Waals surface area contributed by atoms with E-state index in [4.69, 9.17) is 4.74 Å². The lowest BCUT2D eigenvalue weighted by Gasteiger charge is -2.48. The number of hydrogen-bond donors (Lipinski definition) is 3. The minimum Gasteiger partial charge on any atom is -0.379 e. The van der Waals surface area contributed by atoms with Gasteiger partial charge < -0.3 is 20.4 Å². The summed E-state index contributed by atoms with van der Waals surface area (Å²) in [7, 11) is 0. The van der Waals surface area contributed by atoms with Crippen LogP contribution in [0.25, 0.3) is 10.9 Å². The number of hydrogen-bond acceptors (Lipinski definition) is 5. The van der Waals surface area contributed by atoms with Crippen LogP contribution in [0, 0.1) is 0 Å². The van der Waals surface area contributed by atoms with E-state index in [0.717, 1.165) is 55.6 Å². The van der Waals surface area contributed by atoms with Crippen LogP contribution < -0.4 is 10.6 Å². The van der Waals surface area contributed by atoms with Crippen LogP contribution >= 0.6 is 11.3 Å². The number of H-pyrrole nitrogens is 1. The van der Waals surface area contributed by atoms with E-state index in [2.05, 4.69) is 20.5 Å². The van der Waals surface area contributed by atoms with Crippen molar-refractivity contribution in [2.75, 3.05) is 32.8 Å². The molecule has 7 nitrogen and oxygen atoms in total. The lowest BCUT2D eigenvalue weighted by Crippen LogP contribution is -2.61. The van der Waals surface area contributed by atoms with Gasteiger partial charge in [-0.3, -0.25) is 14.5 Å². The van der Waals surface area contributed by atoms with Crippen molar-refractivity contribution in [1.29, 1.82) is 0 Å². The van der Waals surface area contributed by atoms with Crippen LogP contribution in [-0.4, -0.2) is 66.1 Å². The van der Waals surface area contributed by atoms with Crippen LogP contribution in [0.2, 0.25) is 0 Å². The van der Waals surface area contributed by atoms with Gasteiger partial charge in [0.1, 0.15) is 6.04 Å². The molecule has 2 fully saturated rings. The summed E-state index contributed by atoms with van der Waals surface area (Å²) >= 11 is 1.38. The van der Waals surface area contributed by atoms with Crippen molar-refractivity contribution in [3.05, 3.63) is 58.4 Å². The summed E-state index contributed by atoms with van der Waals surface area (Å²) < 4.78 is 5.59. The predicted molar refractivity (Wildman–Crippen MR) is 139 cm³/mol. The van der Waals surface area contributed by atoms with Gasteiger partial charge in [-0.2, -0.15) is 0 Å². The first-order valence-corrected chi connectivity index (χ1v) is 13.5. The molecule has 1 saturated heterocycles. The largest absolute Gasteiger partial charge is 0.379 e. The molecule has 8 heteroatoms. The van der Waals surface area contributed by atoms with Crippen molar-refractivity contribution in [2.24, 2.45) is 0 Å². The molecule has 0 spiro atoms. The molecular formula is C27H34N4O3S. The van der Waals surface area contributed by atoms with Gasteiger partial charge in [-0.15, -0.1) is 11.3 Å². The monoisotopic (exact) mass is 494 g/mol. The zero-order valence-electron chi connectivity index (χ0n) is 20.1. The van der Waals surface area contributed by atoms with Crippen LogP contribution in [0.15, 0.2) is 48.0 Å². The number of benzene rings is 1. The number of nitrogens with zero attached hydrogens (tertiary/aromatic N) is 1. The average molecular weight is 495 g/mol. The summed E-state index contributed by atoms with van der Waals surface area (Å²) in [6, 6.07) is 11.0. The smallest absolute Gasteiger partial charge is 0.262 e. The predicted octanol–water partition coefficient (Wildman–Crippen LogP) is 3.72. The molecule has 2 aliphatic rings. The summed E-state index contributed by atoms with van der Waals surface area (Å²) in [5.74, 6) is -0.334. The second-order valence-corrected chi connectivity index (χ2v) is 10.6. The highest BCUT2D eigenvalue weighted by Crippen LogP contribution is 2.34. The number of aromatic amines is 1. The summed E-state index contributed by atoms with van der Waals surface area (Å²) in [5.41, 5.74) is 2.02. The number of morpholine rings is 1. The summed E-state index contributed by atoms with van der Waals surface area (Å²) in [6.45, 7) is 3.91. The molecule has 2 aromatic heterocycles. The van der Waals surface area contributed by atoms with E-state index < -0.39 is 6.04 Å². The highest BCUT2D eigenvalue weighted by molar-refractivity contribution is 7.12. The Labute approximate surface area is 210 Å². The summed E-state index contributed by atoms with van der Waals surface area (Å²) in [4.78, 5) is 32.9. The minimum atomic E-state index is -0.658. The first kappa shape index (κ1) is 24.0. The van der Waals surface area contributed by atoms with Gasteiger partial charge in [-0.1, -0.05) is 43.5 Å². The normalized spacial score (nSPS) is 19.3. The SMILES string of the molecule is O=C(NC(Cc1c[nH]c2ccccc12)C(=O)NCC1(N2CCOCC2)CCCCC1)c1cccs1. The van der Waals surface area contributed by atoms with Gasteiger partial charge in [0.15, 0.2) is 0 Å². The molecule has 2 amide bonds. The maximum Gasteiger partial charge on any atom is 0.262 e. The highest BCUT2D eigenvalue weighted by atomic mass is 32.1. The van der Waals surface area contributed by atoms with Gasteiger partial charge >= 0.3 is 0 Å². The molecule has 186 valence electrons. The van der Waals surface area contributed by atoms with Crippen LogP contribution in [0.5, 0.6) is 0 Å². The standard InChI is InChI=1S/C27H34N4O3S/c32-25(29-19-27(10-4-1-5-11-27)31-12-14-34-15-13-31)23(30-26(33)24-9-6-16-35-24)17-20-18-28-22-8-3-2-7-21(20)22/h2-3,6-9,16,18,23,28H,1,4-5,10-15,17,19H2,(H,29,32)(H,30,33). The third-order valence-corrected chi connectivity index (χ3v) is 8.39. The topological polar surface area (TPSA) is 86.5 Å². The number of amides is 2. The molecular weight excluding hydrogens is 460 g/mol. The lowest BCUT2D eigenvalue weighted by molar-refractivity contribution is -0.124. The molecule has 1 aliphatic heterocycles. The van der Waals surface area contributed by atoms with E-state index in [1.54, 1.807) is 6.07 Å². The number of aromatic nitrogens is 1. The quantitative estimate of drug-likeness (QED) is 0.446. The van der Waals surface area contributed by atoms with Gasteiger partial charge in [0.05, 0.1) is 18.1 Å². The third-order valence-electron chi connectivity index (χ3n) is 7.52. The Balaban J connectivity index is 1.33. The minimum absolute atomic E-state index is 0.0270. The van der Waals surface area contributed by atoms with Crippen molar-refractivity contribution >= 4 is 34.1 Å². The van der Waals surface area contributed by atoms with Crippen LogP contribution in [0.4, 0.5) is 0 Å². The number of nitrogens with one attached hydrogen (secondary N) is 3. The molecule has 1 unspecified atom stereocenters. The zero-order chi connectivity index (χ0) is 24.1. The second kappa shape index (κ2) is 10.9. The fraction of sp³-hybridized carbons (Fsp3) is 0.481. The Kier molecular flexibility index (Phi) is 7.51. The molecule has 5 rings (SSSR count). The molecule has 3 N–H and O–H groups in total. The zero-order valence-corrected chi connectivity index (χ0v) is 20.9. The number of fused-ring (bicyclic) bond motifs is 1. The van der Waals surface area contributed by atoms with E-state index >= 15 is 0 Å². The maximum atomic E-state index is 13.6. The van der Waals surface area contributed by atoms with E-state index in [1.807, 2.05) is 41.9 Å². The lowest BCUT2D eigenvalue weighted by atomic mass is 9.79. The second-order valence-electron chi connectivity index (χ2n) is 9.67. The molecule has 35 heavy (non-hydrogen) atoms. The van der Waals surface area contributed by atoms with E-state index in [-0.39, 0.29) is 17.4 Å².